The number of aliphatic carboxylic acids is 1. The Labute approximate surface area is 885 Å². The molecule has 20 rings (SSSR count). The van der Waals surface area contributed by atoms with Gasteiger partial charge in [-0.05, 0) is 446 Å². The van der Waals surface area contributed by atoms with Crippen molar-refractivity contribution in [2.75, 3.05) is 0 Å². The Morgan fingerprint density at radius 3 is 1.19 bits per heavy atom. The molecular formula is C117H180AcB2O17S2. The summed E-state index contributed by atoms with van der Waals surface area (Å²) in [5, 5.41) is 90.2. The van der Waals surface area contributed by atoms with Crippen LogP contribution in [0.4, 0.5) is 0 Å². The first kappa shape index (κ1) is 107. The van der Waals surface area contributed by atoms with E-state index < -0.39 is 18.2 Å². The summed E-state index contributed by atoms with van der Waals surface area (Å²) in [7, 11) is 2.56. The van der Waals surface area contributed by atoms with Crippen molar-refractivity contribution >= 4 is 61.8 Å². The van der Waals surface area contributed by atoms with E-state index in [1.807, 2.05) is 13.8 Å². The number of esters is 3. The van der Waals surface area contributed by atoms with Crippen LogP contribution < -0.4 is 0 Å². The van der Waals surface area contributed by atoms with E-state index in [-0.39, 0.29) is 246 Å². The van der Waals surface area contributed by atoms with E-state index in [1.165, 1.54) is 42.0 Å². The van der Waals surface area contributed by atoms with Gasteiger partial charge in [-0.15, -0.1) is 0 Å². The van der Waals surface area contributed by atoms with Gasteiger partial charge in [0, 0.05) is 66.2 Å². The standard InChI is InChI=1S/C30H46BO4S.C29H44BO4S.C29H46O5.C29H44O4.Ac/c1-17(2)8-7-11-29-16-30(29)22-14-20(32)24-26(4)12-10-21(35-36-31)18(3)19(26)9-13-27(24,5)28(22,6)15-23(30)34-25(29)33;1-16(2)8-7-9-18-24-20-14-21(31)25-27(4)12-11-22(34-35-30)17(3)19(27)10-13-28(25,5)29(20,6)15-23(24)33-26(18)32;1-16(2)8-7-9-18(26(33)34)24-20-14-22(31)25-27(4)12-11-21(30)17(3)19(27)10-13-28(25,5)29(20,6)15-23(24)32;1-16(2)8-7-9-18-24-20-14-22(31)25-27(4)12-11-21(30)17(3)19(27)10-13-28(25,5)29(20,6)15-23(24)33-26(18)32;/h8,18-24,31-32H,7,9-16H2,1-6H3;8,17,19-23,25,30-31H,7,9-15H2,1-6H3;8,17,19-23,25,30-32H,7,9-15H2,1-6H3,(H,33,34);8,17,19-23,25,30-31H,7,9-15H2,1-6H3;/b;;24-18-;;/t18?,19?,20?,21?,22?,23-,24?,26-,27-,28-,29?,30?;17?,19?,20?,21?,22?,23-,25?,27-,28-,29-;17?,19?,20?,21?,22?,23-,25?,27-,28?,29-;17?,19?,20?,21?,22?,23-,25?,27-,28-,29-;/m0000./s1/i31T;30T;;;. The number of hydrogen-bond donors (Lipinski definition) is 8. The summed E-state index contributed by atoms with van der Waals surface area (Å²) in [6, 6.07) is 0. The van der Waals surface area contributed by atoms with Gasteiger partial charge in [-0.1, -0.05) is 181 Å². The van der Waals surface area contributed by atoms with E-state index in [4.69, 9.17) is 25.2 Å². The number of fused-ring (bicyclic) bond motifs is 24. The molecule has 27 unspecified atom stereocenters. The molecule has 0 bridgehead atoms. The number of allylic oxidation sites excluding steroid dienone is 8. The Kier molecular flexibility index (Phi) is 30.0. The van der Waals surface area contributed by atoms with E-state index in [2.05, 4.69) is 177 Å². The SMILES string of the molecule is CC(C)=CCC/C(C(=O)O)=C1\C2CC(O)C3C(C)(CCC4C(C)C(O)CC[C@@]43C)[C@@]2(C)C[C@@H]1O.CC(C)=CCCC1=C2C3CC(O)C4[C@@]5(C)CCC(O)C(C)C5CC[C@]4(C)[C@@]3(C)C[C@@H]2OC1=O.[3H][B]SOC1CC[C@@]2(C)C(CC[C@@]3(C)C2C(O)CC2C45CC4(CCC=C(C)C)C(=O)O[C@H]5C[C@@]23C)C1C.[3H][B]SOC1CC[C@@]2(C)C(CC[C@@]3(C)C2C(O)CC2C4=C(CCC=C(C)C)C(=O)O[C@H]4C[C@@]23C)C1C.[Ac]. The summed E-state index contributed by atoms with van der Waals surface area (Å²) >= 11 is 2.31. The molecule has 17 nitrogen and oxygen atoms in total. The first-order chi connectivity index (χ1) is 65.6. The molecule has 3 heterocycles. The van der Waals surface area contributed by atoms with Crippen LogP contribution in [-0.4, -0.2) is 155 Å². The maximum absolute atomic E-state index is 13.3. The summed E-state index contributed by atoms with van der Waals surface area (Å²) in [6.45, 7) is 54.7. The maximum atomic E-state index is 13.3. The van der Waals surface area contributed by atoms with Crippen LogP contribution in [0.15, 0.2) is 80.0 Å². The molecule has 0 amide bonds. The van der Waals surface area contributed by atoms with Gasteiger partial charge in [0.2, 0.25) is 14.2 Å². The fourth-order valence-electron chi connectivity index (χ4n) is 41.1. The van der Waals surface area contributed by atoms with Crippen LogP contribution in [0.2, 0.25) is 0 Å². The van der Waals surface area contributed by atoms with Gasteiger partial charge in [0.15, 0.2) is 0 Å². The molecule has 17 aliphatic carbocycles. The molecule has 18 fully saturated rings. The maximum Gasteiger partial charge on any atom is 0.334 e. The molecular weight excluding hydrogens is 1990 g/mol. The van der Waals surface area contributed by atoms with Crippen molar-refractivity contribution in [2.45, 2.75) is 451 Å². The number of ether oxygens (including phenoxy) is 3. The van der Waals surface area contributed by atoms with Crippen molar-refractivity contribution in [3.8, 4) is 0 Å². The van der Waals surface area contributed by atoms with Crippen molar-refractivity contribution in [1.82, 2.24) is 0 Å². The molecule has 1 saturated heterocycles. The molecule has 0 aromatic rings. The second-order valence-corrected chi connectivity index (χ2v) is 54.9. The molecule has 139 heavy (non-hydrogen) atoms. The van der Waals surface area contributed by atoms with Crippen LogP contribution >= 0.6 is 23.8 Å². The third kappa shape index (κ3) is 16.6. The summed E-state index contributed by atoms with van der Waals surface area (Å²) in [5.74, 6) is 3.54. The van der Waals surface area contributed by atoms with E-state index in [0.717, 1.165) is 227 Å². The number of carboxylic acid groups (broad SMARTS) is 1. The minimum atomic E-state index is -0.937. The normalized spacial score (nSPS) is 51.2. The van der Waals surface area contributed by atoms with Crippen LogP contribution in [0.3, 0.4) is 0 Å². The largest absolute Gasteiger partial charge is 0.478 e. The van der Waals surface area contributed by atoms with E-state index in [1.54, 1.807) is 0 Å². The molecule has 3 aliphatic heterocycles. The summed E-state index contributed by atoms with van der Waals surface area (Å²) in [6.07, 6.45) is 35.5. The summed E-state index contributed by atoms with van der Waals surface area (Å²) in [4.78, 5) is 51.3. The van der Waals surface area contributed by atoms with Crippen LogP contribution in [0.5, 0.6) is 0 Å². The van der Waals surface area contributed by atoms with Crippen molar-refractivity contribution in [3.63, 3.8) is 0 Å². The van der Waals surface area contributed by atoms with E-state index >= 15 is 0 Å². The van der Waals surface area contributed by atoms with Gasteiger partial charge in [-0.25, -0.2) is 14.4 Å². The number of hydrogen-bond acceptors (Lipinski definition) is 18. The van der Waals surface area contributed by atoms with Crippen LogP contribution in [0.25, 0.3) is 0 Å². The van der Waals surface area contributed by atoms with Gasteiger partial charge in [0.05, 0.1) is 60.4 Å². The molecule has 17 saturated carbocycles. The van der Waals surface area contributed by atoms with Gasteiger partial charge >= 0.3 is 23.9 Å². The predicted molar refractivity (Wildman–Crippen MR) is 550 cm³/mol. The topological polar surface area (TPSA) is 276 Å². The van der Waals surface area contributed by atoms with Crippen molar-refractivity contribution in [2.24, 2.45) is 170 Å². The smallest absolute Gasteiger partial charge is 0.334 e. The molecule has 0 aromatic heterocycles. The quantitative estimate of drug-likeness (QED) is 0.0149. The second-order valence-electron chi connectivity index (χ2n) is 54.2. The summed E-state index contributed by atoms with van der Waals surface area (Å²) < 4.78 is 45.0. The Morgan fingerprint density at radius 2 is 0.791 bits per heavy atom. The number of carbonyl (C=O) groups excluding carboxylic acids is 3. The Hall–Kier alpha value is -2.03. The predicted octanol–water partition coefficient (Wildman–Crippen LogP) is 22.9. The Balaban J connectivity index is 0.000000135. The zero-order chi connectivity index (χ0) is 102. The Bertz CT molecular complexity index is 4970. The molecule has 3 radical (unpaired) electrons. The molecule has 8 N–H and O–H groups in total. The average Bonchev–Trinajstić information content (AvgIpc) is 1.44. The number of aliphatic hydroxyl groups is 7. The molecule has 0 aromatic carbocycles. The number of rotatable bonds is 19. The van der Waals surface area contributed by atoms with Gasteiger partial charge < -0.3 is 63.4 Å². The molecule has 1 spiro atoms. The van der Waals surface area contributed by atoms with Gasteiger partial charge in [0.1, 0.15) is 18.3 Å². The van der Waals surface area contributed by atoms with Crippen molar-refractivity contribution in [3.05, 3.63) is 80.0 Å². The second kappa shape index (κ2) is 39.0. The van der Waals surface area contributed by atoms with Crippen molar-refractivity contribution < 1.29 is 127 Å². The zero-order valence-electron chi connectivity index (χ0n) is 91.6. The fourth-order valence-corrected chi connectivity index (χ4v) is 41.9. The first-order valence-electron chi connectivity index (χ1n) is 56.2. The van der Waals surface area contributed by atoms with Crippen LogP contribution in [0.1, 0.15) is 378 Å². The number of carbonyl (C=O) groups is 4. The first-order valence-corrected chi connectivity index (χ1v) is 56.6. The van der Waals surface area contributed by atoms with E-state index in [0.29, 0.717) is 84.2 Å². The van der Waals surface area contributed by atoms with Gasteiger partial charge in [0.25, 0.3) is 0 Å². The van der Waals surface area contributed by atoms with Gasteiger partial charge in [-0.3, -0.25) is 4.79 Å². The minimum absolute atomic E-state index is 0. The Morgan fingerprint density at radius 1 is 0.432 bits per heavy atom. The minimum Gasteiger partial charge on any atom is -0.478 e. The van der Waals surface area contributed by atoms with E-state index in [9.17, 15) is 60.0 Å². The number of aliphatic hydroxyl groups excluding tert-OH is 7. The molecule has 22 heteroatoms. The molecule has 20 aliphatic rings. The van der Waals surface area contributed by atoms with Crippen LogP contribution in [-0.2, 0) is 41.8 Å². The fraction of sp³-hybridized carbons (Fsp3) is 0.846. The monoisotopic (exact) mass is 2170 g/mol. The van der Waals surface area contributed by atoms with Gasteiger partial charge in [-0.2, -0.15) is 0 Å². The average molecular weight is 2180 g/mol. The number of carboxylic acids is 1. The molecule has 771 valence electrons. The third-order valence-electron chi connectivity index (χ3n) is 47.9. The third-order valence-corrected chi connectivity index (χ3v) is 48.6. The molecule has 42 atom stereocenters. The van der Waals surface area contributed by atoms with Crippen molar-refractivity contribution in [1.29, 1.82) is 2.67 Å². The zero-order valence-corrected chi connectivity index (χ0v) is 96.0. The van der Waals surface area contributed by atoms with Crippen LogP contribution in [0, 0.1) is 215 Å². The summed E-state index contributed by atoms with van der Waals surface area (Å²) in [5.41, 5.74) is 9.68.